The van der Waals surface area contributed by atoms with E-state index in [9.17, 15) is 0 Å². The summed E-state index contributed by atoms with van der Waals surface area (Å²) >= 11 is 5.65. The summed E-state index contributed by atoms with van der Waals surface area (Å²) in [4.78, 5) is 8.21. The Labute approximate surface area is 81.9 Å². The molecule has 1 aromatic rings. The molecule has 0 spiro atoms. The number of halogens is 1. The van der Waals surface area contributed by atoms with E-state index in [0.717, 1.165) is 25.2 Å². The lowest BCUT2D eigenvalue weighted by molar-refractivity contribution is 0.736. The molecular formula is C9H10ClN3. The highest BCUT2D eigenvalue weighted by Crippen LogP contribution is 2.16. The monoisotopic (exact) mass is 195 g/mol. The van der Waals surface area contributed by atoms with Gasteiger partial charge in [-0.3, -0.25) is 4.98 Å². The van der Waals surface area contributed by atoms with Crippen LogP contribution in [0.5, 0.6) is 0 Å². The SMILES string of the molecule is Clc1cnc(C2=CCNCC2)cn1. The van der Waals surface area contributed by atoms with Crippen molar-refractivity contribution in [1.29, 1.82) is 0 Å². The van der Waals surface area contributed by atoms with Crippen LogP contribution in [0.15, 0.2) is 18.5 Å². The summed E-state index contributed by atoms with van der Waals surface area (Å²) in [6.07, 6.45) is 6.46. The van der Waals surface area contributed by atoms with Crippen LogP contribution >= 0.6 is 11.6 Å². The van der Waals surface area contributed by atoms with Crippen LogP contribution in [0.3, 0.4) is 0 Å². The molecule has 1 aliphatic heterocycles. The molecule has 0 bridgehead atoms. The third-order valence-corrected chi connectivity index (χ3v) is 2.21. The van der Waals surface area contributed by atoms with E-state index < -0.39 is 0 Å². The van der Waals surface area contributed by atoms with Crippen molar-refractivity contribution in [2.75, 3.05) is 13.1 Å². The quantitative estimate of drug-likeness (QED) is 0.738. The fourth-order valence-corrected chi connectivity index (χ4v) is 1.43. The minimum Gasteiger partial charge on any atom is -0.313 e. The summed E-state index contributed by atoms with van der Waals surface area (Å²) in [6, 6.07) is 0. The molecule has 0 aliphatic carbocycles. The van der Waals surface area contributed by atoms with Gasteiger partial charge in [-0.25, -0.2) is 4.98 Å². The summed E-state index contributed by atoms with van der Waals surface area (Å²) in [5.74, 6) is 0. The van der Waals surface area contributed by atoms with Crippen LogP contribution in [0, 0.1) is 0 Å². The first-order valence-corrected chi connectivity index (χ1v) is 4.62. The van der Waals surface area contributed by atoms with Gasteiger partial charge in [0.05, 0.1) is 18.1 Å². The van der Waals surface area contributed by atoms with E-state index in [2.05, 4.69) is 21.4 Å². The lowest BCUT2D eigenvalue weighted by atomic mass is 10.1. The molecule has 3 nitrogen and oxygen atoms in total. The van der Waals surface area contributed by atoms with Crippen LogP contribution in [0.25, 0.3) is 5.57 Å². The van der Waals surface area contributed by atoms with Gasteiger partial charge in [0.2, 0.25) is 0 Å². The van der Waals surface area contributed by atoms with Gasteiger partial charge in [0.15, 0.2) is 0 Å². The number of nitrogens with zero attached hydrogens (tertiary/aromatic N) is 2. The first-order valence-electron chi connectivity index (χ1n) is 4.24. The van der Waals surface area contributed by atoms with E-state index in [-0.39, 0.29) is 0 Å². The van der Waals surface area contributed by atoms with Gasteiger partial charge in [-0.15, -0.1) is 0 Å². The van der Waals surface area contributed by atoms with Crippen molar-refractivity contribution in [2.45, 2.75) is 6.42 Å². The topological polar surface area (TPSA) is 37.8 Å². The Morgan fingerprint density at radius 3 is 2.85 bits per heavy atom. The zero-order chi connectivity index (χ0) is 9.10. The minimum atomic E-state index is 0.443. The van der Waals surface area contributed by atoms with E-state index in [0.29, 0.717) is 5.15 Å². The molecule has 13 heavy (non-hydrogen) atoms. The highest BCUT2D eigenvalue weighted by atomic mass is 35.5. The fraction of sp³-hybridized carbons (Fsp3) is 0.333. The Hall–Kier alpha value is -0.930. The van der Waals surface area contributed by atoms with E-state index in [1.165, 1.54) is 5.57 Å². The van der Waals surface area contributed by atoms with Crippen LogP contribution < -0.4 is 5.32 Å². The summed E-state index contributed by atoms with van der Waals surface area (Å²) in [7, 11) is 0. The average Bonchev–Trinajstić information content (AvgIpc) is 2.20. The van der Waals surface area contributed by atoms with E-state index >= 15 is 0 Å². The Balaban J connectivity index is 2.24. The maximum absolute atomic E-state index is 5.65. The maximum Gasteiger partial charge on any atom is 0.147 e. The first kappa shape index (κ1) is 8.66. The van der Waals surface area contributed by atoms with Gasteiger partial charge in [-0.1, -0.05) is 17.7 Å². The average molecular weight is 196 g/mol. The van der Waals surface area contributed by atoms with Crippen molar-refractivity contribution in [1.82, 2.24) is 15.3 Å². The van der Waals surface area contributed by atoms with Gasteiger partial charge in [0, 0.05) is 6.54 Å². The van der Waals surface area contributed by atoms with Crippen LogP contribution in [0.4, 0.5) is 0 Å². The largest absolute Gasteiger partial charge is 0.313 e. The molecule has 1 aliphatic rings. The molecule has 0 saturated heterocycles. The molecule has 0 fully saturated rings. The van der Waals surface area contributed by atoms with Crippen LogP contribution in [-0.2, 0) is 0 Å². The molecule has 1 aromatic heterocycles. The van der Waals surface area contributed by atoms with Crippen molar-refractivity contribution in [3.05, 3.63) is 29.3 Å². The van der Waals surface area contributed by atoms with E-state index in [1.54, 1.807) is 12.4 Å². The second-order valence-corrected chi connectivity index (χ2v) is 3.30. The fourth-order valence-electron chi connectivity index (χ4n) is 1.33. The van der Waals surface area contributed by atoms with Crippen molar-refractivity contribution in [3.63, 3.8) is 0 Å². The Kier molecular flexibility index (Phi) is 2.57. The van der Waals surface area contributed by atoms with Gasteiger partial charge in [-0.2, -0.15) is 0 Å². The molecule has 0 unspecified atom stereocenters. The predicted molar refractivity (Wildman–Crippen MR) is 52.5 cm³/mol. The minimum absolute atomic E-state index is 0.443. The zero-order valence-corrected chi connectivity index (χ0v) is 7.88. The van der Waals surface area contributed by atoms with Gasteiger partial charge < -0.3 is 5.32 Å². The highest BCUT2D eigenvalue weighted by molar-refractivity contribution is 6.29. The van der Waals surface area contributed by atoms with Crippen molar-refractivity contribution >= 4 is 17.2 Å². The molecule has 4 heteroatoms. The summed E-state index contributed by atoms with van der Waals surface area (Å²) < 4.78 is 0. The lowest BCUT2D eigenvalue weighted by Gasteiger charge is -2.12. The van der Waals surface area contributed by atoms with Gasteiger partial charge in [-0.05, 0) is 18.5 Å². The van der Waals surface area contributed by atoms with Crippen LogP contribution in [0.1, 0.15) is 12.1 Å². The van der Waals surface area contributed by atoms with Crippen LogP contribution in [0.2, 0.25) is 5.15 Å². The third kappa shape index (κ3) is 2.05. The molecule has 0 aromatic carbocycles. The van der Waals surface area contributed by atoms with E-state index in [4.69, 9.17) is 11.6 Å². The normalized spacial score (nSPS) is 16.8. The molecule has 0 radical (unpaired) electrons. The highest BCUT2D eigenvalue weighted by Gasteiger charge is 2.06. The van der Waals surface area contributed by atoms with Crippen LogP contribution in [-0.4, -0.2) is 23.1 Å². The number of aromatic nitrogens is 2. The van der Waals surface area contributed by atoms with E-state index in [1.807, 2.05) is 0 Å². The molecule has 1 N–H and O–H groups in total. The smallest absolute Gasteiger partial charge is 0.147 e. The Morgan fingerprint density at radius 2 is 2.23 bits per heavy atom. The molecule has 0 saturated carbocycles. The predicted octanol–water partition coefficient (Wildman–Crippen LogP) is 1.51. The number of nitrogens with one attached hydrogen (secondary N) is 1. The standard InChI is InChI=1S/C9H10ClN3/c10-9-6-12-8(5-13-9)7-1-3-11-4-2-7/h1,5-6,11H,2-4H2. The molecule has 68 valence electrons. The first-order chi connectivity index (χ1) is 6.36. The number of hydrogen-bond donors (Lipinski definition) is 1. The van der Waals surface area contributed by atoms with Gasteiger partial charge in [0.25, 0.3) is 0 Å². The summed E-state index contributed by atoms with van der Waals surface area (Å²) in [5.41, 5.74) is 2.19. The second-order valence-electron chi connectivity index (χ2n) is 2.91. The summed E-state index contributed by atoms with van der Waals surface area (Å²) in [5, 5.41) is 3.69. The number of hydrogen-bond acceptors (Lipinski definition) is 3. The molecule has 0 amide bonds. The van der Waals surface area contributed by atoms with Gasteiger partial charge >= 0.3 is 0 Å². The molecular weight excluding hydrogens is 186 g/mol. The maximum atomic E-state index is 5.65. The third-order valence-electron chi connectivity index (χ3n) is 2.01. The number of rotatable bonds is 1. The van der Waals surface area contributed by atoms with Gasteiger partial charge in [0.1, 0.15) is 5.15 Å². The summed E-state index contributed by atoms with van der Waals surface area (Å²) in [6.45, 7) is 1.93. The molecule has 2 heterocycles. The van der Waals surface area contributed by atoms with Crippen molar-refractivity contribution in [2.24, 2.45) is 0 Å². The van der Waals surface area contributed by atoms with Crippen molar-refractivity contribution < 1.29 is 0 Å². The second kappa shape index (κ2) is 3.85. The zero-order valence-electron chi connectivity index (χ0n) is 7.13. The molecule has 2 rings (SSSR count). The lowest BCUT2D eigenvalue weighted by Crippen LogP contribution is -2.20. The molecule has 0 atom stereocenters. The van der Waals surface area contributed by atoms with Crippen molar-refractivity contribution in [3.8, 4) is 0 Å². The Bertz CT molecular complexity index is 318. The Morgan fingerprint density at radius 1 is 1.31 bits per heavy atom.